The predicted octanol–water partition coefficient (Wildman–Crippen LogP) is 11.0. The average Bonchev–Trinajstić information content (AvgIpc) is 3.17. The monoisotopic (exact) mass is 630 g/mol. The van der Waals surface area contributed by atoms with E-state index in [0.29, 0.717) is 0 Å². The third kappa shape index (κ3) is 4.51. The molecule has 0 saturated carbocycles. The van der Waals surface area contributed by atoms with Crippen LogP contribution in [0.4, 0.5) is 5.69 Å². The van der Waals surface area contributed by atoms with Gasteiger partial charge in [0.15, 0.2) is 0 Å². The molecule has 3 aromatic heterocycles. The van der Waals surface area contributed by atoms with Crippen LogP contribution >= 0.6 is 0 Å². The fourth-order valence-corrected chi connectivity index (χ4v) is 8.18. The van der Waals surface area contributed by atoms with Crippen molar-refractivity contribution in [1.29, 1.82) is 0 Å². The lowest BCUT2D eigenvalue weighted by Gasteiger charge is -2.48. The highest BCUT2D eigenvalue weighted by Crippen LogP contribution is 2.59. The highest BCUT2D eigenvalue weighted by molar-refractivity contribution is 6.22. The van der Waals surface area contributed by atoms with E-state index < -0.39 is 0 Å². The number of para-hydroxylation sites is 1. The van der Waals surface area contributed by atoms with Gasteiger partial charge in [0.2, 0.25) is 0 Å². The molecule has 234 valence electrons. The first-order chi connectivity index (χ1) is 24.0. The lowest BCUT2D eigenvalue weighted by atomic mass is 9.56. The Balaban J connectivity index is 1.32. The second-order valence-electron chi connectivity index (χ2n) is 13.3. The fourth-order valence-electron chi connectivity index (χ4n) is 8.18. The van der Waals surface area contributed by atoms with E-state index >= 15 is 0 Å². The Labute approximate surface area is 286 Å². The molecule has 9 rings (SSSR count). The van der Waals surface area contributed by atoms with Crippen molar-refractivity contribution in [2.45, 2.75) is 32.1 Å². The maximum Gasteiger partial charge on any atom is 0.0753 e. The van der Waals surface area contributed by atoms with Crippen molar-refractivity contribution >= 4 is 27.9 Å². The Kier molecular flexibility index (Phi) is 6.73. The van der Waals surface area contributed by atoms with Crippen molar-refractivity contribution in [3.05, 3.63) is 174 Å². The van der Waals surface area contributed by atoms with Crippen molar-refractivity contribution in [3.63, 3.8) is 0 Å². The minimum absolute atomic E-state index is 0.0986. The van der Waals surface area contributed by atoms with Gasteiger partial charge in [-0.1, -0.05) is 111 Å². The molecule has 1 aliphatic carbocycles. The molecule has 2 unspecified atom stereocenters. The van der Waals surface area contributed by atoms with Crippen molar-refractivity contribution < 1.29 is 0 Å². The van der Waals surface area contributed by atoms with Crippen LogP contribution in [0.3, 0.4) is 0 Å². The van der Waals surface area contributed by atoms with Gasteiger partial charge in [0.25, 0.3) is 0 Å². The number of pyridine rings is 3. The predicted molar refractivity (Wildman–Crippen MR) is 201 cm³/mol. The molecule has 7 aromatic rings. The van der Waals surface area contributed by atoms with Gasteiger partial charge in [-0.2, -0.15) is 0 Å². The van der Waals surface area contributed by atoms with Crippen LogP contribution in [0.1, 0.15) is 48.9 Å². The molecule has 49 heavy (non-hydrogen) atoms. The zero-order valence-electron chi connectivity index (χ0n) is 27.7. The van der Waals surface area contributed by atoms with Crippen molar-refractivity contribution in [1.82, 2.24) is 15.0 Å². The summed E-state index contributed by atoms with van der Waals surface area (Å²) in [6.07, 6.45) is 5.62. The molecule has 4 nitrogen and oxygen atoms in total. The fraction of sp³-hybridized carbons (Fsp3) is 0.111. The van der Waals surface area contributed by atoms with Gasteiger partial charge in [-0.25, -0.2) is 9.98 Å². The first kappa shape index (κ1) is 29.2. The second kappa shape index (κ2) is 11.3. The van der Waals surface area contributed by atoms with E-state index in [-0.39, 0.29) is 11.3 Å². The maximum atomic E-state index is 5.54. The van der Waals surface area contributed by atoms with Gasteiger partial charge < -0.3 is 0 Å². The lowest BCUT2D eigenvalue weighted by Crippen LogP contribution is -2.41. The Morgan fingerprint density at radius 1 is 0.653 bits per heavy atom. The Hall–Kier alpha value is -6.00. The summed E-state index contributed by atoms with van der Waals surface area (Å²) in [7, 11) is 0. The van der Waals surface area contributed by atoms with Gasteiger partial charge in [-0.3, -0.25) is 9.97 Å². The number of aromatic nitrogens is 3. The minimum atomic E-state index is -0.375. The van der Waals surface area contributed by atoms with Crippen LogP contribution in [0, 0.1) is 0 Å². The summed E-state index contributed by atoms with van der Waals surface area (Å²) in [5.41, 5.74) is 16.3. The van der Waals surface area contributed by atoms with Crippen molar-refractivity contribution in [2.24, 2.45) is 4.99 Å². The molecule has 4 heterocycles. The summed E-state index contributed by atoms with van der Waals surface area (Å²) in [4.78, 5) is 20.1. The molecule has 0 amide bonds. The normalized spacial score (nSPS) is 18.0. The standard InChI is InChI=1S/C45H34N4/c1-28-40-35-18-10-11-20-38(35)48-43(30-14-6-4-7-15-30)41(40)29(2)45(3)36-22-21-32(33-24-34(27-46-26-33)37-19-12-13-23-47-37)25-39(36)49-44(42(28)45)31-16-8-5-9-17-31/h4-27,29H,1-3H3. The Bertz CT molecular complexity index is 2460. The summed E-state index contributed by atoms with van der Waals surface area (Å²) in [5.74, 6) is 0.0986. The van der Waals surface area contributed by atoms with Crippen LogP contribution in [-0.2, 0) is 5.41 Å². The third-order valence-corrected chi connectivity index (χ3v) is 10.7. The minimum Gasteiger partial charge on any atom is -0.263 e. The molecular formula is C45H34N4. The number of benzene rings is 4. The molecular weight excluding hydrogens is 597 g/mol. The Morgan fingerprint density at radius 3 is 2.14 bits per heavy atom. The van der Waals surface area contributed by atoms with E-state index in [1.165, 1.54) is 33.2 Å². The molecule has 0 N–H and O–H groups in total. The van der Waals surface area contributed by atoms with Crippen LogP contribution in [0.15, 0.2) is 157 Å². The molecule has 2 aliphatic rings. The van der Waals surface area contributed by atoms with Gasteiger partial charge in [0.05, 0.1) is 28.3 Å². The van der Waals surface area contributed by atoms with E-state index in [1.54, 1.807) is 0 Å². The number of rotatable bonds is 4. The zero-order valence-corrected chi connectivity index (χ0v) is 27.7. The summed E-state index contributed by atoms with van der Waals surface area (Å²) < 4.78 is 0. The Morgan fingerprint density at radius 2 is 1.37 bits per heavy atom. The van der Waals surface area contributed by atoms with Crippen LogP contribution in [-0.4, -0.2) is 20.7 Å². The highest BCUT2D eigenvalue weighted by atomic mass is 14.8. The second-order valence-corrected chi connectivity index (χ2v) is 13.3. The SMILES string of the molecule is CC1=C2C(c3ccccc3)=Nc3cc(-c4cncc(-c5ccccn5)c4)ccc3C2(C)C(C)c2c(-c3ccccc3)nc3ccccc3c21. The maximum absolute atomic E-state index is 5.54. The molecule has 0 bridgehead atoms. The molecule has 0 spiro atoms. The van der Waals surface area contributed by atoms with Gasteiger partial charge >= 0.3 is 0 Å². The summed E-state index contributed by atoms with van der Waals surface area (Å²) in [6.45, 7) is 7.11. The number of hydrogen-bond donors (Lipinski definition) is 0. The van der Waals surface area contributed by atoms with Gasteiger partial charge in [-0.05, 0) is 76.6 Å². The first-order valence-corrected chi connectivity index (χ1v) is 16.9. The number of nitrogens with zero attached hydrogens (tertiary/aromatic N) is 4. The molecule has 1 aliphatic heterocycles. The van der Waals surface area contributed by atoms with Crippen molar-refractivity contribution in [3.8, 4) is 33.6 Å². The smallest absolute Gasteiger partial charge is 0.0753 e. The number of aliphatic imine (C=N–C) groups is 1. The zero-order chi connectivity index (χ0) is 33.1. The van der Waals surface area contributed by atoms with Crippen LogP contribution in [0.25, 0.3) is 50.1 Å². The van der Waals surface area contributed by atoms with E-state index in [9.17, 15) is 0 Å². The van der Waals surface area contributed by atoms with Gasteiger partial charge in [0.1, 0.15) is 0 Å². The lowest BCUT2D eigenvalue weighted by molar-refractivity contribution is 0.470. The summed E-state index contributed by atoms with van der Waals surface area (Å²) in [6, 6.07) is 44.8. The number of fused-ring (bicyclic) bond motifs is 6. The highest BCUT2D eigenvalue weighted by Gasteiger charge is 2.49. The van der Waals surface area contributed by atoms with Gasteiger partial charge in [-0.15, -0.1) is 0 Å². The largest absolute Gasteiger partial charge is 0.263 e. The first-order valence-electron chi connectivity index (χ1n) is 16.9. The molecule has 4 aromatic carbocycles. The van der Waals surface area contributed by atoms with Crippen LogP contribution in [0.2, 0.25) is 0 Å². The molecule has 0 radical (unpaired) electrons. The summed E-state index contributed by atoms with van der Waals surface area (Å²) >= 11 is 0. The van der Waals surface area contributed by atoms with Crippen molar-refractivity contribution in [2.75, 3.05) is 0 Å². The summed E-state index contributed by atoms with van der Waals surface area (Å²) in [5, 5.41) is 1.19. The van der Waals surface area contributed by atoms with E-state index in [4.69, 9.17) is 9.98 Å². The molecule has 0 saturated heterocycles. The molecule has 4 heteroatoms. The average molecular weight is 631 g/mol. The van der Waals surface area contributed by atoms with Crippen LogP contribution in [0.5, 0.6) is 0 Å². The topological polar surface area (TPSA) is 51.0 Å². The number of hydrogen-bond acceptors (Lipinski definition) is 4. The van der Waals surface area contributed by atoms with E-state index in [1.807, 2.05) is 36.8 Å². The number of allylic oxidation sites excluding steroid dienone is 2. The van der Waals surface area contributed by atoms with Crippen LogP contribution < -0.4 is 0 Å². The molecule has 0 fully saturated rings. The van der Waals surface area contributed by atoms with Gasteiger partial charge in [0, 0.05) is 51.6 Å². The van der Waals surface area contributed by atoms with E-state index in [2.05, 4.69) is 140 Å². The quantitative estimate of drug-likeness (QED) is 0.194. The molecule has 2 atom stereocenters. The van der Waals surface area contributed by atoms with E-state index in [0.717, 1.165) is 56.1 Å². The third-order valence-electron chi connectivity index (χ3n) is 10.7.